The van der Waals surface area contributed by atoms with Crippen LogP contribution >= 0.6 is 0 Å². The van der Waals surface area contributed by atoms with Crippen LogP contribution in [0.4, 0.5) is 0 Å². The molecule has 1 heterocycles. The van der Waals surface area contributed by atoms with Crippen molar-refractivity contribution in [1.82, 2.24) is 4.57 Å². The molecule has 1 aliphatic rings. The zero-order valence-corrected chi connectivity index (χ0v) is 16.3. The standard InChI is InChI=1S/C23H33NO/c1-16(2)20-12-11-17(3)14-21(20)23(25)10-7-13-24-18(4)15-19-8-5-6-9-22(19)24/h5-6,8-9,15-17,20-21H,7,10-14H2,1-4H3/t17-,20+,21-/m1/s1. The first-order valence-electron chi connectivity index (χ1n) is 10.0. The highest BCUT2D eigenvalue weighted by Crippen LogP contribution is 2.39. The van der Waals surface area contributed by atoms with Crippen molar-refractivity contribution in [2.75, 3.05) is 0 Å². The Bertz CT molecular complexity index is 727. The van der Waals surface area contributed by atoms with Crippen molar-refractivity contribution >= 4 is 16.7 Å². The second-order valence-electron chi connectivity index (χ2n) is 8.50. The fourth-order valence-corrected chi connectivity index (χ4v) is 4.81. The molecule has 1 fully saturated rings. The minimum absolute atomic E-state index is 0.297. The minimum Gasteiger partial charge on any atom is -0.345 e. The molecule has 3 atom stereocenters. The quantitative estimate of drug-likeness (QED) is 0.632. The first-order chi connectivity index (χ1) is 12.0. The van der Waals surface area contributed by atoms with Gasteiger partial charge in [-0.1, -0.05) is 45.4 Å². The van der Waals surface area contributed by atoms with Crippen molar-refractivity contribution < 1.29 is 4.79 Å². The molecule has 136 valence electrons. The predicted molar refractivity (Wildman–Crippen MR) is 106 cm³/mol. The van der Waals surface area contributed by atoms with Crippen LogP contribution in [0.25, 0.3) is 10.9 Å². The van der Waals surface area contributed by atoms with E-state index in [9.17, 15) is 4.79 Å². The Morgan fingerprint density at radius 2 is 2.00 bits per heavy atom. The van der Waals surface area contributed by atoms with Crippen LogP contribution in [-0.2, 0) is 11.3 Å². The average molecular weight is 340 g/mol. The normalized spacial score (nSPS) is 24.1. The van der Waals surface area contributed by atoms with Crippen LogP contribution in [0.15, 0.2) is 30.3 Å². The van der Waals surface area contributed by atoms with Gasteiger partial charge in [0.1, 0.15) is 5.78 Å². The maximum atomic E-state index is 12.9. The van der Waals surface area contributed by atoms with Crippen LogP contribution < -0.4 is 0 Å². The molecule has 1 aromatic carbocycles. The molecule has 0 radical (unpaired) electrons. The Kier molecular flexibility index (Phi) is 5.66. The number of benzene rings is 1. The molecular formula is C23H33NO. The third-order valence-corrected chi connectivity index (χ3v) is 6.26. The van der Waals surface area contributed by atoms with Crippen molar-refractivity contribution in [1.29, 1.82) is 0 Å². The lowest BCUT2D eigenvalue weighted by atomic mass is 9.68. The summed E-state index contributed by atoms with van der Waals surface area (Å²) in [6.07, 6.45) is 5.31. The van der Waals surface area contributed by atoms with Gasteiger partial charge in [0.25, 0.3) is 0 Å². The van der Waals surface area contributed by atoms with Gasteiger partial charge in [0.15, 0.2) is 0 Å². The smallest absolute Gasteiger partial charge is 0.136 e. The van der Waals surface area contributed by atoms with Crippen LogP contribution in [0.2, 0.25) is 0 Å². The van der Waals surface area contributed by atoms with Gasteiger partial charge in [-0.05, 0) is 61.5 Å². The number of rotatable bonds is 6. The lowest BCUT2D eigenvalue weighted by molar-refractivity contribution is -0.127. The minimum atomic E-state index is 0.297. The molecule has 0 unspecified atom stereocenters. The summed E-state index contributed by atoms with van der Waals surface area (Å²) >= 11 is 0. The summed E-state index contributed by atoms with van der Waals surface area (Å²) < 4.78 is 2.37. The monoisotopic (exact) mass is 339 g/mol. The van der Waals surface area contributed by atoms with Gasteiger partial charge < -0.3 is 4.57 Å². The van der Waals surface area contributed by atoms with E-state index in [4.69, 9.17) is 0 Å². The summed E-state index contributed by atoms with van der Waals surface area (Å²) in [6.45, 7) is 10.00. The first kappa shape index (κ1) is 18.2. The molecule has 0 bridgehead atoms. The Morgan fingerprint density at radius 1 is 1.24 bits per heavy atom. The molecule has 1 aliphatic carbocycles. The molecule has 2 nitrogen and oxygen atoms in total. The predicted octanol–water partition coefficient (Wildman–Crippen LogP) is 6.01. The van der Waals surface area contributed by atoms with Gasteiger partial charge in [-0.15, -0.1) is 0 Å². The van der Waals surface area contributed by atoms with Crippen molar-refractivity contribution in [3.8, 4) is 0 Å². The highest BCUT2D eigenvalue weighted by molar-refractivity contribution is 5.82. The van der Waals surface area contributed by atoms with E-state index in [1.165, 1.54) is 29.4 Å². The van der Waals surface area contributed by atoms with Gasteiger partial charge in [0.2, 0.25) is 0 Å². The van der Waals surface area contributed by atoms with Crippen LogP contribution in [0.3, 0.4) is 0 Å². The van der Waals surface area contributed by atoms with Crippen molar-refractivity contribution in [2.24, 2.45) is 23.7 Å². The van der Waals surface area contributed by atoms with Gasteiger partial charge in [0.05, 0.1) is 0 Å². The molecule has 2 heteroatoms. The number of aryl methyl sites for hydroxylation is 2. The van der Waals surface area contributed by atoms with E-state index in [0.29, 0.717) is 29.5 Å². The molecule has 25 heavy (non-hydrogen) atoms. The van der Waals surface area contributed by atoms with E-state index >= 15 is 0 Å². The second-order valence-corrected chi connectivity index (χ2v) is 8.50. The molecule has 3 rings (SSSR count). The molecule has 0 aliphatic heterocycles. The van der Waals surface area contributed by atoms with Crippen molar-refractivity contribution in [2.45, 2.75) is 66.3 Å². The largest absolute Gasteiger partial charge is 0.345 e. The molecule has 1 saturated carbocycles. The zero-order valence-electron chi connectivity index (χ0n) is 16.3. The third kappa shape index (κ3) is 3.99. The number of aromatic nitrogens is 1. The summed E-state index contributed by atoms with van der Waals surface area (Å²) in [5, 5.41) is 1.30. The number of ketones is 1. The second kappa shape index (κ2) is 7.76. The van der Waals surface area contributed by atoms with Gasteiger partial charge in [-0.25, -0.2) is 0 Å². The molecular weight excluding hydrogens is 306 g/mol. The van der Waals surface area contributed by atoms with E-state index in [2.05, 4.69) is 62.6 Å². The summed E-state index contributed by atoms with van der Waals surface area (Å²) in [4.78, 5) is 12.9. The summed E-state index contributed by atoms with van der Waals surface area (Å²) in [5.41, 5.74) is 2.58. The highest BCUT2D eigenvalue weighted by atomic mass is 16.1. The molecule has 0 amide bonds. The fourth-order valence-electron chi connectivity index (χ4n) is 4.81. The lowest BCUT2D eigenvalue weighted by Gasteiger charge is -2.36. The van der Waals surface area contributed by atoms with Crippen LogP contribution in [0, 0.1) is 30.6 Å². The number of Topliss-reactive ketones (excluding diaryl/α,β-unsaturated/α-hetero) is 1. The fraction of sp³-hybridized carbons (Fsp3) is 0.609. The van der Waals surface area contributed by atoms with Crippen LogP contribution in [0.5, 0.6) is 0 Å². The van der Waals surface area contributed by atoms with Crippen molar-refractivity contribution in [3.63, 3.8) is 0 Å². The number of nitrogens with zero attached hydrogens (tertiary/aromatic N) is 1. The van der Waals surface area contributed by atoms with E-state index in [-0.39, 0.29) is 0 Å². The van der Waals surface area contributed by atoms with Crippen LogP contribution in [0.1, 0.15) is 58.6 Å². The summed E-state index contributed by atoms with van der Waals surface area (Å²) in [6, 6.07) is 10.8. The maximum Gasteiger partial charge on any atom is 0.136 e. The summed E-state index contributed by atoms with van der Waals surface area (Å²) in [5.74, 6) is 2.74. The first-order valence-corrected chi connectivity index (χ1v) is 10.0. The summed E-state index contributed by atoms with van der Waals surface area (Å²) in [7, 11) is 0. The van der Waals surface area contributed by atoms with E-state index in [1.807, 2.05) is 0 Å². The van der Waals surface area contributed by atoms with Gasteiger partial charge in [-0.3, -0.25) is 4.79 Å². The molecule has 1 aromatic heterocycles. The van der Waals surface area contributed by atoms with E-state index in [1.54, 1.807) is 0 Å². The number of carbonyl (C=O) groups is 1. The van der Waals surface area contributed by atoms with E-state index in [0.717, 1.165) is 25.8 Å². The lowest BCUT2D eigenvalue weighted by Crippen LogP contribution is -2.33. The molecule has 0 spiro atoms. The van der Waals surface area contributed by atoms with E-state index < -0.39 is 0 Å². The number of carbonyl (C=O) groups excluding carboxylic acids is 1. The Labute approximate surface area is 152 Å². The Morgan fingerprint density at radius 3 is 2.76 bits per heavy atom. The molecule has 0 saturated heterocycles. The Balaban J connectivity index is 1.62. The van der Waals surface area contributed by atoms with Crippen molar-refractivity contribution in [3.05, 3.63) is 36.0 Å². The maximum absolute atomic E-state index is 12.9. The van der Waals surface area contributed by atoms with Gasteiger partial charge >= 0.3 is 0 Å². The number of hydrogen-bond donors (Lipinski definition) is 0. The average Bonchev–Trinajstić information content (AvgIpc) is 2.90. The number of hydrogen-bond acceptors (Lipinski definition) is 1. The van der Waals surface area contributed by atoms with Gasteiger partial charge in [-0.2, -0.15) is 0 Å². The molecule has 2 aromatic rings. The highest BCUT2D eigenvalue weighted by Gasteiger charge is 2.34. The zero-order chi connectivity index (χ0) is 18.0. The number of fused-ring (bicyclic) bond motifs is 1. The SMILES string of the molecule is Cc1cc2ccccc2n1CCCC(=O)[C@@H]1C[C@H](C)CC[C@H]1C(C)C. The van der Waals surface area contributed by atoms with Crippen LogP contribution in [-0.4, -0.2) is 10.4 Å². The topological polar surface area (TPSA) is 22.0 Å². The number of para-hydroxylation sites is 1. The molecule has 0 N–H and O–H groups in total. The third-order valence-electron chi connectivity index (χ3n) is 6.26. The van der Waals surface area contributed by atoms with Gasteiger partial charge in [0, 0.05) is 30.1 Å². The Hall–Kier alpha value is -1.57.